The zero-order chi connectivity index (χ0) is 15.6. The van der Waals surface area contributed by atoms with Gasteiger partial charge in [0, 0.05) is 11.9 Å². The fourth-order valence-electron chi connectivity index (χ4n) is 1.69. The van der Waals surface area contributed by atoms with Gasteiger partial charge >= 0.3 is 5.97 Å². The number of hydrogen-bond donors (Lipinski definition) is 1. The second-order valence-corrected chi connectivity index (χ2v) is 9.24. The van der Waals surface area contributed by atoms with Gasteiger partial charge in [0.15, 0.2) is 9.84 Å². The number of nitrogens with zero attached hydrogens (tertiary/aromatic N) is 2. The van der Waals surface area contributed by atoms with Gasteiger partial charge in [0.25, 0.3) is 0 Å². The van der Waals surface area contributed by atoms with Crippen LogP contribution in [0.3, 0.4) is 0 Å². The van der Waals surface area contributed by atoms with Crippen molar-refractivity contribution in [3.8, 4) is 10.6 Å². The lowest BCUT2D eigenvalue weighted by Gasteiger charge is -2.01. The molecule has 0 spiro atoms. The Morgan fingerprint density at radius 2 is 2.19 bits per heavy atom. The predicted molar refractivity (Wildman–Crippen MR) is 84.5 cm³/mol. The van der Waals surface area contributed by atoms with Gasteiger partial charge in [-0.25, -0.2) is 13.2 Å². The van der Waals surface area contributed by atoms with Crippen molar-refractivity contribution >= 4 is 43.1 Å². The zero-order valence-electron chi connectivity index (χ0n) is 11.1. The summed E-state index contributed by atoms with van der Waals surface area (Å²) in [7, 11) is -3.12. The predicted octanol–water partition coefficient (Wildman–Crippen LogP) is 2.51. The number of hydrogen-bond acceptors (Lipinski definition) is 5. The third-order valence-electron chi connectivity index (χ3n) is 2.87. The molecule has 114 valence electrons. The van der Waals surface area contributed by atoms with Crippen LogP contribution in [0.1, 0.15) is 17.3 Å². The molecule has 0 aliphatic heterocycles. The van der Waals surface area contributed by atoms with Gasteiger partial charge in [-0.05, 0) is 28.1 Å². The van der Waals surface area contributed by atoms with E-state index in [2.05, 4.69) is 21.0 Å². The number of thiophene rings is 1. The first kappa shape index (κ1) is 16.2. The van der Waals surface area contributed by atoms with Crippen LogP contribution >= 0.6 is 27.3 Å². The molecular formula is C12H13BrN2O4S2. The first-order valence-corrected chi connectivity index (χ1v) is 9.52. The van der Waals surface area contributed by atoms with Gasteiger partial charge in [-0.3, -0.25) is 4.68 Å². The van der Waals surface area contributed by atoms with E-state index in [-0.39, 0.29) is 23.6 Å². The fourth-order valence-corrected chi connectivity index (χ4v) is 3.83. The Kier molecular flexibility index (Phi) is 4.84. The average Bonchev–Trinajstić information content (AvgIpc) is 3.02. The van der Waals surface area contributed by atoms with Crippen molar-refractivity contribution in [3.63, 3.8) is 0 Å². The first-order chi connectivity index (χ1) is 9.82. The van der Waals surface area contributed by atoms with Crippen molar-refractivity contribution in [1.82, 2.24) is 9.78 Å². The smallest absolute Gasteiger partial charge is 0.339 e. The summed E-state index contributed by atoms with van der Waals surface area (Å²) in [6.45, 7) is 1.72. The summed E-state index contributed by atoms with van der Waals surface area (Å²) in [4.78, 5) is 12.0. The topological polar surface area (TPSA) is 89.3 Å². The number of sulfone groups is 1. The van der Waals surface area contributed by atoms with E-state index < -0.39 is 15.8 Å². The molecule has 2 heterocycles. The Hall–Kier alpha value is -1.19. The highest BCUT2D eigenvalue weighted by atomic mass is 79.9. The number of carboxylic acid groups (broad SMARTS) is 1. The fraction of sp³-hybridized carbons (Fsp3) is 0.333. The Labute approximate surface area is 134 Å². The molecule has 21 heavy (non-hydrogen) atoms. The number of aromatic carboxylic acids is 1. The first-order valence-electron chi connectivity index (χ1n) is 6.09. The molecule has 0 aliphatic rings. The molecule has 0 saturated carbocycles. The normalized spacial score (nSPS) is 11.7. The van der Waals surface area contributed by atoms with E-state index in [0.717, 1.165) is 8.66 Å². The molecule has 2 aromatic rings. The average molecular weight is 393 g/mol. The Bertz CT molecular complexity index is 764. The molecule has 1 N–H and O–H groups in total. The maximum atomic E-state index is 11.5. The third-order valence-corrected chi connectivity index (χ3v) is 6.18. The summed E-state index contributed by atoms with van der Waals surface area (Å²) in [6.07, 6.45) is 1.37. The molecule has 9 heteroatoms. The molecule has 0 saturated heterocycles. The summed E-state index contributed by atoms with van der Waals surface area (Å²) < 4.78 is 25.3. The second kappa shape index (κ2) is 6.29. The van der Waals surface area contributed by atoms with E-state index in [1.807, 2.05) is 6.07 Å². The Morgan fingerprint density at radius 3 is 2.71 bits per heavy atom. The number of rotatable bonds is 6. The number of aromatic nitrogens is 2. The maximum absolute atomic E-state index is 11.5. The van der Waals surface area contributed by atoms with E-state index >= 15 is 0 Å². The van der Waals surface area contributed by atoms with Crippen molar-refractivity contribution in [1.29, 1.82) is 0 Å². The van der Waals surface area contributed by atoms with Crippen LogP contribution in [-0.2, 0) is 16.4 Å². The zero-order valence-corrected chi connectivity index (χ0v) is 14.3. The van der Waals surface area contributed by atoms with Crippen LogP contribution in [-0.4, -0.2) is 40.8 Å². The minimum atomic E-state index is -3.12. The highest BCUT2D eigenvalue weighted by molar-refractivity contribution is 9.11. The molecule has 0 atom stereocenters. The molecule has 0 unspecified atom stereocenters. The molecule has 0 aromatic carbocycles. The molecule has 0 fully saturated rings. The van der Waals surface area contributed by atoms with Gasteiger partial charge in [-0.1, -0.05) is 6.92 Å². The standard InChI is InChI=1S/C12H13BrN2O4S2/c1-2-21(18,19)6-5-15-7-8(12(16)17)11(14-15)9-3-4-10(13)20-9/h3-4,7H,2,5-6H2,1H3,(H,16,17). The second-order valence-electron chi connectivity index (χ2n) is 4.30. The van der Waals surface area contributed by atoms with Crippen molar-refractivity contribution < 1.29 is 18.3 Å². The van der Waals surface area contributed by atoms with Crippen LogP contribution in [0.15, 0.2) is 22.1 Å². The van der Waals surface area contributed by atoms with Gasteiger partial charge in [-0.2, -0.15) is 5.10 Å². The molecular weight excluding hydrogens is 380 g/mol. The van der Waals surface area contributed by atoms with E-state index in [1.54, 1.807) is 13.0 Å². The lowest BCUT2D eigenvalue weighted by molar-refractivity contribution is 0.0697. The van der Waals surface area contributed by atoms with Gasteiger partial charge in [0.2, 0.25) is 0 Å². The van der Waals surface area contributed by atoms with Crippen LogP contribution < -0.4 is 0 Å². The van der Waals surface area contributed by atoms with E-state index in [0.29, 0.717) is 5.69 Å². The minimum Gasteiger partial charge on any atom is -0.478 e. The number of carboxylic acids is 1. The van der Waals surface area contributed by atoms with Crippen LogP contribution in [0, 0.1) is 0 Å². The third kappa shape index (κ3) is 3.92. The van der Waals surface area contributed by atoms with Gasteiger partial charge < -0.3 is 5.11 Å². The summed E-state index contributed by atoms with van der Waals surface area (Å²) in [6, 6.07) is 3.59. The SMILES string of the molecule is CCS(=O)(=O)CCn1cc(C(=O)O)c(-c2ccc(Br)s2)n1. The number of halogens is 1. The van der Waals surface area contributed by atoms with Gasteiger partial charge in [0.1, 0.15) is 11.3 Å². The Morgan fingerprint density at radius 1 is 1.48 bits per heavy atom. The van der Waals surface area contributed by atoms with E-state index in [4.69, 9.17) is 0 Å². The van der Waals surface area contributed by atoms with Crippen molar-refractivity contribution in [2.75, 3.05) is 11.5 Å². The molecule has 6 nitrogen and oxygen atoms in total. The molecule has 0 radical (unpaired) electrons. The molecule has 2 rings (SSSR count). The molecule has 0 bridgehead atoms. The monoisotopic (exact) mass is 392 g/mol. The molecule has 0 aliphatic carbocycles. The summed E-state index contributed by atoms with van der Waals surface area (Å²) >= 11 is 4.69. The lowest BCUT2D eigenvalue weighted by Crippen LogP contribution is -2.14. The van der Waals surface area contributed by atoms with Crippen LogP contribution in [0.2, 0.25) is 0 Å². The number of carbonyl (C=O) groups is 1. The van der Waals surface area contributed by atoms with Crippen molar-refractivity contribution in [3.05, 3.63) is 27.7 Å². The van der Waals surface area contributed by atoms with Crippen LogP contribution in [0.25, 0.3) is 10.6 Å². The summed E-state index contributed by atoms with van der Waals surface area (Å²) in [5.74, 6) is -1.08. The van der Waals surface area contributed by atoms with Gasteiger partial charge in [-0.15, -0.1) is 11.3 Å². The summed E-state index contributed by atoms with van der Waals surface area (Å²) in [5.41, 5.74) is 0.422. The maximum Gasteiger partial charge on any atom is 0.339 e. The van der Waals surface area contributed by atoms with Crippen LogP contribution in [0.5, 0.6) is 0 Å². The molecule has 0 amide bonds. The summed E-state index contributed by atoms with van der Waals surface area (Å²) in [5, 5.41) is 13.5. The quantitative estimate of drug-likeness (QED) is 0.815. The molecule has 2 aromatic heterocycles. The van der Waals surface area contributed by atoms with Crippen LogP contribution in [0.4, 0.5) is 0 Å². The van der Waals surface area contributed by atoms with Gasteiger partial charge in [0.05, 0.1) is 21.0 Å². The minimum absolute atomic E-state index is 0.0577. The largest absolute Gasteiger partial charge is 0.478 e. The van der Waals surface area contributed by atoms with Crippen molar-refractivity contribution in [2.24, 2.45) is 0 Å². The van der Waals surface area contributed by atoms with E-state index in [1.165, 1.54) is 22.2 Å². The highest BCUT2D eigenvalue weighted by Gasteiger charge is 2.19. The van der Waals surface area contributed by atoms with Crippen molar-refractivity contribution in [2.45, 2.75) is 13.5 Å². The van der Waals surface area contributed by atoms with E-state index in [9.17, 15) is 18.3 Å². The number of aryl methyl sites for hydroxylation is 1. The lowest BCUT2D eigenvalue weighted by atomic mass is 10.2. The Balaban J connectivity index is 2.32. The highest BCUT2D eigenvalue weighted by Crippen LogP contribution is 2.32.